The fourth-order valence-corrected chi connectivity index (χ4v) is 4.94. The molecule has 0 spiro atoms. The lowest BCUT2D eigenvalue weighted by atomic mass is 9.61. The molecule has 1 aromatic heterocycles. The third-order valence-corrected chi connectivity index (χ3v) is 5.93. The SMILES string of the molecule is CC(C)(C)[C@]12CC[C@H](CC(=O)C1C(=O)c1cscn1)N2C(=O)O. The number of rotatable bonds is 2. The third-order valence-electron chi connectivity index (χ3n) is 5.34. The Kier molecular flexibility index (Phi) is 3.59. The van der Waals surface area contributed by atoms with Crippen molar-refractivity contribution in [1.82, 2.24) is 9.88 Å². The van der Waals surface area contributed by atoms with E-state index in [-0.39, 0.29) is 29.7 Å². The molecular weight excluding hydrogens is 316 g/mol. The molecule has 2 fully saturated rings. The van der Waals surface area contributed by atoms with Crippen molar-refractivity contribution >= 4 is 29.0 Å². The Morgan fingerprint density at radius 1 is 1.43 bits per heavy atom. The maximum atomic E-state index is 13.0. The smallest absolute Gasteiger partial charge is 0.408 e. The van der Waals surface area contributed by atoms with Crippen molar-refractivity contribution < 1.29 is 19.5 Å². The van der Waals surface area contributed by atoms with Crippen LogP contribution in [0.4, 0.5) is 4.79 Å². The first kappa shape index (κ1) is 16.1. The first-order valence-corrected chi connectivity index (χ1v) is 8.62. The fraction of sp³-hybridized carbons (Fsp3) is 0.625. The lowest BCUT2D eigenvalue weighted by molar-refractivity contribution is -0.135. The Bertz CT molecular complexity index is 664. The van der Waals surface area contributed by atoms with E-state index >= 15 is 0 Å². The molecule has 3 heterocycles. The van der Waals surface area contributed by atoms with Crippen LogP contribution >= 0.6 is 11.3 Å². The predicted octanol–water partition coefficient (Wildman–Crippen LogP) is 2.84. The molecule has 2 aliphatic heterocycles. The molecule has 1 amide bonds. The number of thiazole rings is 1. The van der Waals surface area contributed by atoms with Gasteiger partial charge in [-0.3, -0.25) is 14.5 Å². The molecule has 2 bridgehead atoms. The van der Waals surface area contributed by atoms with Crippen LogP contribution < -0.4 is 0 Å². The molecule has 1 aromatic rings. The van der Waals surface area contributed by atoms with Crippen molar-refractivity contribution in [2.24, 2.45) is 11.3 Å². The van der Waals surface area contributed by atoms with Crippen LogP contribution in [0.15, 0.2) is 10.9 Å². The van der Waals surface area contributed by atoms with Gasteiger partial charge in [0.2, 0.25) is 0 Å². The molecule has 1 N–H and O–H groups in total. The number of aromatic nitrogens is 1. The number of piperidine rings is 1. The molecule has 1 unspecified atom stereocenters. The Morgan fingerprint density at radius 3 is 2.65 bits per heavy atom. The zero-order valence-corrected chi connectivity index (χ0v) is 14.2. The second kappa shape index (κ2) is 5.12. The van der Waals surface area contributed by atoms with E-state index in [1.807, 2.05) is 20.8 Å². The number of carbonyl (C=O) groups is 3. The van der Waals surface area contributed by atoms with Crippen LogP contribution in [0, 0.1) is 11.3 Å². The number of carboxylic acid groups (broad SMARTS) is 1. The monoisotopic (exact) mass is 336 g/mol. The van der Waals surface area contributed by atoms with Crippen molar-refractivity contribution in [3.8, 4) is 0 Å². The van der Waals surface area contributed by atoms with Crippen molar-refractivity contribution in [3.05, 3.63) is 16.6 Å². The fourth-order valence-electron chi connectivity index (χ4n) is 4.40. The van der Waals surface area contributed by atoms with Gasteiger partial charge in [0.05, 0.1) is 11.0 Å². The highest BCUT2D eigenvalue weighted by Crippen LogP contribution is 2.55. The number of hydrogen-bond acceptors (Lipinski definition) is 5. The summed E-state index contributed by atoms with van der Waals surface area (Å²) in [6.07, 6.45) is 0.214. The van der Waals surface area contributed by atoms with Gasteiger partial charge in [-0.2, -0.15) is 0 Å². The Morgan fingerprint density at radius 2 is 2.13 bits per heavy atom. The summed E-state index contributed by atoms with van der Waals surface area (Å²) in [5.41, 5.74) is 0.274. The molecule has 124 valence electrons. The molecule has 7 heteroatoms. The van der Waals surface area contributed by atoms with Crippen molar-refractivity contribution in [2.75, 3.05) is 0 Å². The van der Waals surface area contributed by atoms with Crippen LogP contribution in [0.3, 0.4) is 0 Å². The topological polar surface area (TPSA) is 87.6 Å². The number of hydrogen-bond donors (Lipinski definition) is 1. The number of amides is 1. The Labute approximate surface area is 138 Å². The van der Waals surface area contributed by atoms with E-state index in [0.29, 0.717) is 12.8 Å². The maximum Gasteiger partial charge on any atom is 0.408 e. The molecule has 2 saturated heterocycles. The third kappa shape index (κ3) is 2.13. The van der Waals surface area contributed by atoms with Gasteiger partial charge in [-0.05, 0) is 18.3 Å². The average molecular weight is 336 g/mol. The van der Waals surface area contributed by atoms with E-state index in [2.05, 4.69) is 4.98 Å². The lowest BCUT2D eigenvalue weighted by Gasteiger charge is -2.54. The average Bonchev–Trinajstić information content (AvgIpc) is 3.04. The van der Waals surface area contributed by atoms with Gasteiger partial charge in [0.25, 0.3) is 0 Å². The van der Waals surface area contributed by atoms with Gasteiger partial charge in [-0.25, -0.2) is 9.78 Å². The molecule has 2 aliphatic rings. The largest absolute Gasteiger partial charge is 0.465 e. The zero-order valence-electron chi connectivity index (χ0n) is 13.4. The van der Waals surface area contributed by atoms with Crippen molar-refractivity contribution in [2.45, 2.75) is 51.6 Å². The molecule has 0 aromatic carbocycles. The summed E-state index contributed by atoms with van der Waals surface area (Å²) in [5, 5.41) is 11.4. The van der Waals surface area contributed by atoms with E-state index in [0.717, 1.165) is 0 Å². The summed E-state index contributed by atoms with van der Waals surface area (Å²) in [5.74, 6) is -1.48. The highest BCUT2D eigenvalue weighted by atomic mass is 32.1. The number of carbonyl (C=O) groups excluding carboxylic acids is 2. The van der Waals surface area contributed by atoms with Crippen LogP contribution in [0.25, 0.3) is 0 Å². The summed E-state index contributed by atoms with van der Waals surface area (Å²) in [6.45, 7) is 5.72. The van der Waals surface area contributed by atoms with Gasteiger partial charge < -0.3 is 5.11 Å². The summed E-state index contributed by atoms with van der Waals surface area (Å²) < 4.78 is 0. The number of nitrogens with zero attached hydrogens (tertiary/aromatic N) is 2. The van der Waals surface area contributed by atoms with Crippen LogP contribution in [0.2, 0.25) is 0 Å². The van der Waals surface area contributed by atoms with E-state index < -0.39 is 23.0 Å². The van der Waals surface area contributed by atoms with Crippen LogP contribution in [-0.4, -0.2) is 44.2 Å². The normalized spacial score (nSPS) is 30.6. The van der Waals surface area contributed by atoms with Crippen molar-refractivity contribution in [3.63, 3.8) is 0 Å². The van der Waals surface area contributed by atoms with Gasteiger partial charge >= 0.3 is 6.09 Å². The number of Topliss-reactive ketones (excluding diaryl/α,β-unsaturated/α-hetero) is 2. The highest BCUT2D eigenvalue weighted by Gasteiger charge is 2.66. The lowest BCUT2D eigenvalue weighted by Crippen LogP contribution is -2.68. The quantitative estimate of drug-likeness (QED) is 0.663. The molecule has 3 atom stereocenters. The minimum Gasteiger partial charge on any atom is -0.465 e. The minimum absolute atomic E-state index is 0.116. The predicted molar refractivity (Wildman–Crippen MR) is 84.6 cm³/mol. The Balaban J connectivity index is 2.17. The second-order valence-corrected chi connectivity index (χ2v) is 8.08. The molecule has 23 heavy (non-hydrogen) atoms. The van der Waals surface area contributed by atoms with Crippen molar-refractivity contribution in [1.29, 1.82) is 0 Å². The van der Waals surface area contributed by atoms with Crippen LogP contribution in [0.5, 0.6) is 0 Å². The van der Waals surface area contributed by atoms with E-state index in [1.54, 1.807) is 10.9 Å². The molecule has 0 saturated carbocycles. The molecule has 3 rings (SSSR count). The van der Waals surface area contributed by atoms with E-state index in [4.69, 9.17) is 0 Å². The molecule has 6 nitrogen and oxygen atoms in total. The van der Waals surface area contributed by atoms with Gasteiger partial charge in [-0.1, -0.05) is 20.8 Å². The van der Waals surface area contributed by atoms with E-state index in [1.165, 1.54) is 16.2 Å². The van der Waals surface area contributed by atoms with Gasteiger partial charge in [0.15, 0.2) is 5.78 Å². The zero-order chi connectivity index (χ0) is 17.0. The van der Waals surface area contributed by atoms with Gasteiger partial charge in [0, 0.05) is 17.8 Å². The summed E-state index contributed by atoms with van der Waals surface area (Å²) in [7, 11) is 0. The van der Waals surface area contributed by atoms with Crippen LogP contribution in [0.1, 0.15) is 50.5 Å². The first-order valence-electron chi connectivity index (χ1n) is 7.67. The Hall–Kier alpha value is -1.76. The number of fused-ring (bicyclic) bond motifs is 2. The maximum absolute atomic E-state index is 13.0. The summed E-state index contributed by atoms with van der Waals surface area (Å²) in [4.78, 5) is 43.1. The summed E-state index contributed by atoms with van der Waals surface area (Å²) >= 11 is 1.29. The van der Waals surface area contributed by atoms with Crippen LogP contribution in [-0.2, 0) is 4.79 Å². The van der Waals surface area contributed by atoms with Gasteiger partial charge in [-0.15, -0.1) is 11.3 Å². The molecule has 0 aliphatic carbocycles. The minimum atomic E-state index is -1.05. The number of ketones is 2. The molecule has 0 radical (unpaired) electrons. The second-order valence-electron chi connectivity index (χ2n) is 7.36. The van der Waals surface area contributed by atoms with Gasteiger partial charge in [0.1, 0.15) is 17.4 Å². The standard InChI is InChI=1S/C16H20N2O4S/c1-15(2,3)16-5-4-9(18(16)14(21)22)6-11(19)12(16)13(20)10-7-23-8-17-10/h7-9,12H,4-6H2,1-3H3,(H,21,22)/t9-,12?,16+/m1/s1. The highest BCUT2D eigenvalue weighted by molar-refractivity contribution is 7.07. The summed E-state index contributed by atoms with van der Waals surface area (Å²) in [6, 6.07) is -0.321. The first-order chi connectivity index (χ1) is 10.7. The van der Waals surface area contributed by atoms with E-state index in [9.17, 15) is 19.5 Å². The molecular formula is C16H20N2O4S.